The lowest BCUT2D eigenvalue weighted by molar-refractivity contribution is 0.515. The van der Waals surface area contributed by atoms with Crippen LogP contribution in [-0.2, 0) is 0 Å². The molecule has 0 bridgehead atoms. The van der Waals surface area contributed by atoms with E-state index in [1.807, 2.05) is 30.3 Å². The van der Waals surface area contributed by atoms with Gasteiger partial charge < -0.3 is 5.32 Å². The highest BCUT2D eigenvalue weighted by molar-refractivity contribution is 5.43. The maximum atomic E-state index is 4.06. The highest BCUT2D eigenvalue weighted by atomic mass is 15.5. The molecule has 1 unspecified atom stereocenters. The lowest BCUT2D eigenvalue weighted by Gasteiger charge is -2.18. The number of H-pyrrole nitrogens is 1. The van der Waals surface area contributed by atoms with Crippen molar-refractivity contribution in [1.82, 2.24) is 20.6 Å². The standard InChI is InChI=1S/C12H17N5/c1-9(2)8-11(12-14-16-17-15-12)13-10-6-4-3-5-7-10/h3-7,9,11,13H,8H2,1-2H3,(H,14,15,16,17). The van der Waals surface area contributed by atoms with Gasteiger partial charge in [0.25, 0.3) is 0 Å². The van der Waals surface area contributed by atoms with E-state index >= 15 is 0 Å². The van der Waals surface area contributed by atoms with Crippen molar-refractivity contribution >= 4 is 5.69 Å². The van der Waals surface area contributed by atoms with Gasteiger partial charge in [-0.05, 0) is 24.5 Å². The molecule has 0 fully saturated rings. The monoisotopic (exact) mass is 231 g/mol. The molecule has 0 saturated heterocycles. The fourth-order valence-corrected chi connectivity index (χ4v) is 1.75. The molecule has 0 spiro atoms. The molecule has 1 aromatic carbocycles. The first-order chi connectivity index (χ1) is 8.25. The second-order valence-electron chi connectivity index (χ2n) is 4.46. The third-order valence-electron chi connectivity index (χ3n) is 2.50. The van der Waals surface area contributed by atoms with Crippen LogP contribution in [0.4, 0.5) is 5.69 Å². The zero-order valence-corrected chi connectivity index (χ0v) is 10.1. The number of hydrogen-bond acceptors (Lipinski definition) is 4. The van der Waals surface area contributed by atoms with Crippen molar-refractivity contribution in [2.45, 2.75) is 26.3 Å². The lowest BCUT2D eigenvalue weighted by atomic mass is 10.0. The van der Waals surface area contributed by atoms with Gasteiger partial charge in [-0.3, -0.25) is 0 Å². The van der Waals surface area contributed by atoms with E-state index in [1.54, 1.807) is 0 Å². The molecule has 2 aromatic rings. The Hall–Kier alpha value is -1.91. The Morgan fingerprint density at radius 2 is 2.00 bits per heavy atom. The summed E-state index contributed by atoms with van der Waals surface area (Å²) in [7, 11) is 0. The van der Waals surface area contributed by atoms with E-state index in [4.69, 9.17) is 0 Å². The highest BCUT2D eigenvalue weighted by Gasteiger charge is 2.17. The summed E-state index contributed by atoms with van der Waals surface area (Å²) in [6, 6.07) is 10.2. The molecule has 5 heteroatoms. The predicted octanol–water partition coefficient (Wildman–Crippen LogP) is 2.40. The molecule has 2 N–H and O–H groups in total. The molecule has 1 aromatic heterocycles. The van der Waals surface area contributed by atoms with Crippen molar-refractivity contribution < 1.29 is 0 Å². The average Bonchev–Trinajstić information content (AvgIpc) is 2.82. The van der Waals surface area contributed by atoms with Crippen LogP contribution in [-0.4, -0.2) is 20.6 Å². The van der Waals surface area contributed by atoms with Crippen molar-refractivity contribution in [2.24, 2.45) is 5.92 Å². The zero-order chi connectivity index (χ0) is 12.1. The van der Waals surface area contributed by atoms with Gasteiger partial charge >= 0.3 is 0 Å². The summed E-state index contributed by atoms with van der Waals surface area (Å²) in [6.07, 6.45) is 0.967. The van der Waals surface area contributed by atoms with Crippen molar-refractivity contribution in [3.05, 3.63) is 36.2 Å². The molecular formula is C12H17N5. The minimum Gasteiger partial charge on any atom is -0.375 e. The van der Waals surface area contributed by atoms with Gasteiger partial charge in [-0.25, -0.2) is 0 Å². The van der Waals surface area contributed by atoms with Crippen molar-refractivity contribution in [3.8, 4) is 0 Å². The number of tetrazole rings is 1. The van der Waals surface area contributed by atoms with E-state index in [9.17, 15) is 0 Å². The van der Waals surface area contributed by atoms with Crippen LogP contribution >= 0.6 is 0 Å². The molecule has 0 aliphatic heterocycles. The molecule has 1 heterocycles. The van der Waals surface area contributed by atoms with Crippen molar-refractivity contribution in [1.29, 1.82) is 0 Å². The molecule has 0 saturated carbocycles. The van der Waals surface area contributed by atoms with Crippen LogP contribution in [0.1, 0.15) is 32.1 Å². The quantitative estimate of drug-likeness (QED) is 0.829. The summed E-state index contributed by atoms with van der Waals surface area (Å²) in [5.74, 6) is 1.28. The summed E-state index contributed by atoms with van der Waals surface area (Å²) >= 11 is 0. The molecule has 0 radical (unpaired) electrons. The van der Waals surface area contributed by atoms with Gasteiger partial charge in [0, 0.05) is 5.69 Å². The molecule has 0 aliphatic carbocycles. The molecule has 90 valence electrons. The minimum absolute atomic E-state index is 0.0937. The SMILES string of the molecule is CC(C)CC(Nc1ccccc1)c1nn[nH]n1. The maximum absolute atomic E-state index is 4.06. The van der Waals surface area contributed by atoms with Gasteiger partial charge in [-0.1, -0.05) is 37.3 Å². The molecule has 1 atom stereocenters. The smallest absolute Gasteiger partial charge is 0.196 e. The number of nitrogens with zero attached hydrogens (tertiary/aromatic N) is 3. The summed E-state index contributed by atoms with van der Waals surface area (Å²) in [4.78, 5) is 0. The number of benzene rings is 1. The molecule has 17 heavy (non-hydrogen) atoms. The first-order valence-corrected chi connectivity index (χ1v) is 5.80. The summed E-state index contributed by atoms with van der Waals surface area (Å²) in [6.45, 7) is 4.36. The lowest BCUT2D eigenvalue weighted by Crippen LogP contribution is -2.15. The Balaban J connectivity index is 2.11. The zero-order valence-electron chi connectivity index (χ0n) is 10.1. The van der Waals surface area contributed by atoms with Crippen molar-refractivity contribution in [3.63, 3.8) is 0 Å². The first-order valence-electron chi connectivity index (χ1n) is 5.80. The fraction of sp³-hybridized carbons (Fsp3) is 0.417. The molecule has 2 rings (SSSR count). The number of anilines is 1. The van der Waals surface area contributed by atoms with E-state index in [0.29, 0.717) is 11.7 Å². The third-order valence-corrected chi connectivity index (χ3v) is 2.50. The van der Waals surface area contributed by atoms with Gasteiger partial charge in [-0.15, -0.1) is 10.2 Å². The molecule has 0 aliphatic rings. The summed E-state index contributed by atoms with van der Waals surface area (Å²) in [5, 5.41) is 17.7. The van der Waals surface area contributed by atoms with E-state index in [-0.39, 0.29) is 6.04 Å². The van der Waals surface area contributed by atoms with Crippen LogP contribution in [0, 0.1) is 5.92 Å². The van der Waals surface area contributed by atoms with Crippen LogP contribution in [0.2, 0.25) is 0 Å². The van der Waals surface area contributed by atoms with Crippen molar-refractivity contribution in [2.75, 3.05) is 5.32 Å². The van der Waals surface area contributed by atoms with Crippen LogP contribution in [0.15, 0.2) is 30.3 Å². The van der Waals surface area contributed by atoms with E-state index in [2.05, 4.69) is 39.8 Å². The second-order valence-corrected chi connectivity index (χ2v) is 4.46. The number of hydrogen-bond donors (Lipinski definition) is 2. The highest BCUT2D eigenvalue weighted by Crippen LogP contribution is 2.22. The van der Waals surface area contributed by atoms with Gasteiger partial charge in [0.2, 0.25) is 0 Å². The van der Waals surface area contributed by atoms with E-state index in [0.717, 1.165) is 12.1 Å². The van der Waals surface area contributed by atoms with Crippen LogP contribution < -0.4 is 5.32 Å². The summed E-state index contributed by atoms with van der Waals surface area (Å²) in [5.41, 5.74) is 1.07. The second kappa shape index (κ2) is 5.43. The number of nitrogens with one attached hydrogen (secondary N) is 2. The Kier molecular flexibility index (Phi) is 3.69. The molecule has 5 nitrogen and oxygen atoms in total. The Morgan fingerprint density at radius 1 is 1.24 bits per heavy atom. The van der Waals surface area contributed by atoms with Crippen LogP contribution in [0.3, 0.4) is 0 Å². The van der Waals surface area contributed by atoms with Gasteiger partial charge in [0.1, 0.15) is 0 Å². The van der Waals surface area contributed by atoms with Crippen LogP contribution in [0.5, 0.6) is 0 Å². The predicted molar refractivity (Wildman–Crippen MR) is 66.4 cm³/mol. The molecular weight excluding hydrogens is 214 g/mol. The third kappa shape index (κ3) is 3.27. The fourth-order valence-electron chi connectivity index (χ4n) is 1.75. The number of para-hydroxylation sites is 1. The van der Waals surface area contributed by atoms with Crippen LogP contribution in [0.25, 0.3) is 0 Å². The first kappa shape index (κ1) is 11.6. The average molecular weight is 231 g/mol. The number of rotatable bonds is 5. The normalized spacial score (nSPS) is 12.6. The van der Waals surface area contributed by atoms with Gasteiger partial charge in [0.05, 0.1) is 6.04 Å². The largest absolute Gasteiger partial charge is 0.375 e. The van der Waals surface area contributed by atoms with E-state index < -0.39 is 0 Å². The number of aromatic amines is 1. The number of aromatic nitrogens is 4. The minimum atomic E-state index is 0.0937. The van der Waals surface area contributed by atoms with Gasteiger partial charge in [-0.2, -0.15) is 5.21 Å². The Labute approximate surface area is 101 Å². The van der Waals surface area contributed by atoms with Gasteiger partial charge in [0.15, 0.2) is 5.82 Å². The summed E-state index contributed by atoms with van der Waals surface area (Å²) < 4.78 is 0. The Morgan fingerprint density at radius 3 is 2.59 bits per heavy atom. The topological polar surface area (TPSA) is 66.5 Å². The van der Waals surface area contributed by atoms with E-state index in [1.165, 1.54) is 0 Å². The maximum Gasteiger partial charge on any atom is 0.196 e. The molecule has 0 amide bonds. The Bertz CT molecular complexity index is 423.